The fraction of sp³-hybridized carbons (Fsp3) is 0.238. The number of hydrogen-bond acceptors (Lipinski definition) is 6. The van der Waals surface area contributed by atoms with Crippen molar-refractivity contribution in [1.82, 2.24) is 14.1 Å². The van der Waals surface area contributed by atoms with Crippen molar-refractivity contribution in [2.24, 2.45) is 0 Å². The van der Waals surface area contributed by atoms with Gasteiger partial charge >= 0.3 is 5.97 Å². The molecular formula is C21H21ClN4O6S. The number of carbonyl (C=O) groups is 2. The van der Waals surface area contributed by atoms with E-state index in [1.807, 2.05) is 0 Å². The summed E-state index contributed by atoms with van der Waals surface area (Å²) in [6.45, 7) is 3.35. The van der Waals surface area contributed by atoms with Gasteiger partial charge in [-0.05, 0) is 24.3 Å². The molecule has 33 heavy (non-hydrogen) atoms. The second kappa shape index (κ2) is 9.69. The van der Waals surface area contributed by atoms with Gasteiger partial charge in [-0.2, -0.15) is 9.40 Å². The van der Waals surface area contributed by atoms with E-state index in [-0.39, 0.29) is 45.2 Å². The Labute approximate surface area is 194 Å². The van der Waals surface area contributed by atoms with Gasteiger partial charge in [-0.15, -0.1) is 0 Å². The number of carboxylic acids is 1. The summed E-state index contributed by atoms with van der Waals surface area (Å²) in [5.74, 6) is -2.09. The number of halogens is 1. The number of sulfonamides is 1. The number of nitrogens with one attached hydrogen (secondary N) is 1. The van der Waals surface area contributed by atoms with E-state index < -0.39 is 34.0 Å². The Morgan fingerprint density at radius 2 is 1.76 bits per heavy atom. The average Bonchev–Trinajstić information content (AvgIpc) is 2.77. The number of fused-ring (bicyclic) bond motifs is 1. The van der Waals surface area contributed by atoms with Gasteiger partial charge in [-0.25, -0.2) is 17.9 Å². The lowest BCUT2D eigenvalue weighted by atomic mass is 10.1. The van der Waals surface area contributed by atoms with Crippen molar-refractivity contribution >= 4 is 50.0 Å². The maximum Gasteiger partial charge on any atom is 0.357 e. The summed E-state index contributed by atoms with van der Waals surface area (Å²) in [5.41, 5.74) is -0.986. The van der Waals surface area contributed by atoms with Crippen LogP contribution in [0.25, 0.3) is 10.8 Å². The van der Waals surface area contributed by atoms with Crippen molar-refractivity contribution in [3.05, 3.63) is 63.5 Å². The van der Waals surface area contributed by atoms with Crippen LogP contribution in [-0.4, -0.2) is 52.6 Å². The van der Waals surface area contributed by atoms with Gasteiger partial charge in [0.25, 0.3) is 5.56 Å². The van der Waals surface area contributed by atoms with E-state index in [4.69, 9.17) is 11.6 Å². The van der Waals surface area contributed by atoms with Gasteiger partial charge in [0, 0.05) is 18.5 Å². The average molecular weight is 493 g/mol. The number of rotatable bonds is 8. The number of carbonyl (C=O) groups excluding carboxylic acids is 1. The maximum atomic E-state index is 12.8. The van der Waals surface area contributed by atoms with Crippen LogP contribution in [-0.2, 0) is 21.4 Å². The minimum atomic E-state index is -3.79. The van der Waals surface area contributed by atoms with Crippen molar-refractivity contribution < 1.29 is 23.1 Å². The van der Waals surface area contributed by atoms with Crippen LogP contribution in [0.4, 0.5) is 5.69 Å². The molecule has 0 unspecified atom stereocenters. The fourth-order valence-corrected chi connectivity index (χ4v) is 4.95. The zero-order valence-electron chi connectivity index (χ0n) is 17.8. The minimum absolute atomic E-state index is 0.0298. The largest absolute Gasteiger partial charge is 0.476 e. The molecule has 1 heterocycles. The molecule has 3 aromatic rings. The highest BCUT2D eigenvalue weighted by Crippen LogP contribution is 2.27. The highest BCUT2D eigenvalue weighted by atomic mass is 35.5. The monoisotopic (exact) mass is 492 g/mol. The first kappa shape index (κ1) is 24.4. The van der Waals surface area contributed by atoms with E-state index in [0.717, 1.165) is 4.68 Å². The molecule has 10 nitrogen and oxygen atoms in total. The molecule has 0 aliphatic heterocycles. The number of aromatic nitrogens is 2. The Hall–Kier alpha value is -3.28. The van der Waals surface area contributed by atoms with Crippen LogP contribution in [0, 0.1) is 0 Å². The highest BCUT2D eigenvalue weighted by molar-refractivity contribution is 7.89. The van der Waals surface area contributed by atoms with Crippen molar-refractivity contribution in [3.63, 3.8) is 0 Å². The summed E-state index contributed by atoms with van der Waals surface area (Å²) >= 11 is 6.13. The molecule has 0 saturated heterocycles. The SMILES string of the molecule is CCN(CC)S(=O)(=O)c1ccc(Cl)c(NC(=O)Cn2nc(C(=O)O)c3ccccc3c2=O)c1. The van der Waals surface area contributed by atoms with Crippen molar-refractivity contribution in [1.29, 1.82) is 0 Å². The van der Waals surface area contributed by atoms with Crippen molar-refractivity contribution in [2.75, 3.05) is 18.4 Å². The molecule has 2 aromatic carbocycles. The molecule has 174 valence electrons. The smallest absolute Gasteiger partial charge is 0.357 e. The highest BCUT2D eigenvalue weighted by Gasteiger charge is 2.23. The molecule has 2 N–H and O–H groups in total. The third-order valence-corrected chi connectivity index (χ3v) is 7.29. The lowest BCUT2D eigenvalue weighted by Gasteiger charge is -2.19. The number of carboxylic acid groups (broad SMARTS) is 1. The van der Waals surface area contributed by atoms with Crippen LogP contribution in [0.3, 0.4) is 0 Å². The zero-order valence-corrected chi connectivity index (χ0v) is 19.4. The fourth-order valence-electron chi connectivity index (χ4n) is 3.30. The molecule has 1 amide bonds. The van der Waals surface area contributed by atoms with E-state index in [1.54, 1.807) is 26.0 Å². The van der Waals surface area contributed by atoms with Crippen molar-refractivity contribution in [2.45, 2.75) is 25.3 Å². The maximum absolute atomic E-state index is 12.8. The van der Waals surface area contributed by atoms with Crippen LogP contribution >= 0.6 is 11.6 Å². The second-order valence-electron chi connectivity index (χ2n) is 6.94. The van der Waals surface area contributed by atoms with Crippen LogP contribution in [0.5, 0.6) is 0 Å². The Balaban J connectivity index is 1.94. The molecule has 0 aliphatic rings. The van der Waals surface area contributed by atoms with E-state index in [9.17, 15) is 27.9 Å². The van der Waals surface area contributed by atoms with Crippen LogP contribution < -0.4 is 10.9 Å². The topological polar surface area (TPSA) is 139 Å². The molecule has 12 heteroatoms. The molecule has 0 spiro atoms. The quantitative estimate of drug-likeness (QED) is 0.492. The van der Waals surface area contributed by atoms with E-state index in [2.05, 4.69) is 10.4 Å². The summed E-state index contributed by atoms with van der Waals surface area (Å²) < 4.78 is 27.5. The summed E-state index contributed by atoms with van der Waals surface area (Å²) in [5, 5.41) is 16.1. The van der Waals surface area contributed by atoms with Gasteiger partial charge in [-0.3, -0.25) is 9.59 Å². The normalized spacial score (nSPS) is 11.6. The van der Waals surface area contributed by atoms with Crippen molar-refractivity contribution in [3.8, 4) is 0 Å². The van der Waals surface area contributed by atoms with Crippen LogP contribution in [0.1, 0.15) is 24.3 Å². The van der Waals surface area contributed by atoms with Crippen LogP contribution in [0.15, 0.2) is 52.2 Å². The Kier molecular flexibility index (Phi) is 7.15. The van der Waals surface area contributed by atoms with Gasteiger partial charge < -0.3 is 10.4 Å². The Bertz CT molecular complexity index is 1400. The number of hydrogen-bond donors (Lipinski definition) is 2. The molecule has 0 radical (unpaired) electrons. The lowest BCUT2D eigenvalue weighted by molar-refractivity contribution is -0.117. The predicted octanol–water partition coefficient (Wildman–Crippen LogP) is 2.42. The van der Waals surface area contributed by atoms with E-state index >= 15 is 0 Å². The van der Waals surface area contributed by atoms with Gasteiger partial charge in [0.15, 0.2) is 5.69 Å². The molecule has 3 rings (SSSR count). The minimum Gasteiger partial charge on any atom is -0.476 e. The van der Waals surface area contributed by atoms with Gasteiger partial charge in [0.05, 0.1) is 21.0 Å². The third-order valence-electron chi connectivity index (χ3n) is 4.92. The first-order valence-corrected chi connectivity index (χ1v) is 11.7. The standard InChI is InChI=1S/C21H21ClN4O6S/c1-3-25(4-2)33(31,32)13-9-10-16(22)17(11-13)23-18(27)12-26-20(28)15-8-6-5-7-14(15)19(24-26)21(29)30/h5-11H,3-4,12H2,1-2H3,(H,23,27)(H,29,30). The Morgan fingerprint density at radius 1 is 1.12 bits per heavy atom. The lowest BCUT2D eigenvalue weighted by Crippen LogP contribution is -2.32. The predicted molar refractivity (Wildman–Crippen MR) is 123 cm³/mol. The zero-order chi connectivity index (χ0) is 24.3. The molecule has 1 aromatic heterocycles. The molecule has 0 saturated carbocycles. The summed E-state index contributed by atoms with van der Waals surface area (Å²) in [6, 6.07) is 9.96. The van der Waals surface area contributed by atoms with Gasteiger partial charge in [0.2, 0.25) is 15.9 Å². The number of aromatic carboxylic acids is 1. The summed E-state index contributed by atoms with van der Waals surface area (Å²) in [6.07, 6.45) is 0. The number of anilines is 1. The molecule has 0 fully saturated rings. The first-order valence-electron chi connectivity index (χ1n) is 9.92. The summed E-state index contributed by atoms with van der Waals surface area (Å²) in [7, 11) is -3.79. The van der Waals surface area contributed by atoms with Gasteiger partial charge in [0.1, 0.15) is 6.54 Å². The second-order valence-corrected chi connectivity index (χ2v) is 9.29. The summed E-state index contributed by atoms with van der Waals surface area (Å²) in [4.78, 5) is 36.9. The molecule has 0 atom stereocenters. The van der Waals surface area contributed by atoms with E-state index in [1.165, 1.54) is 34.6 Å². The molecule has 0 aliphatic carbocycles. The molecule has 0 bridgehead atoms. The van der Waals surface area contributed by atoms with Gasteiger partial charge in [-0.1, -0.05) is 43.6 Å². The number of nitrogens with zero attached hydrogens (tertiary/aromatic N) is 3. The molecular weight excluding hydrogens is 472 g/mol. The van der Waals surface area contributed by atoms with Crippen LogP contribution in [0.2, 0.25) is 5.02 Å². The number of benzene rings is 2. The van der Waals surface area contributed by atoms with E-state index in [0.29, 0.717) is 0 Å². The number of amides is 1. The first-order chi connectivity index (χ1) is 15.6. The Morgan fingerprint density at radius 3 is 2.36 bits per heavy atom. The third kappa shape index (κ3) is 4.90.